The molecule has 1 aliphatic heterocycles. The van der Waals surface area contributed by atoms with E-state index in [1.54, 1.807) is 12.1 Å². The van der Waals surface area contributed by atoms with E-state index in [4.69, 9.17) is 33.0 Å². The number of aromatic carboxylic acids is 1. The molecule has 12 heteroatoms. The summed E-state index contributed by atoms with van der Waals surface area (Å²) in [6.07, 6.45) is 2.82. The van der Waals surface area contributed by atoms with Crippen molar-refractivity contribution in [2.75, 3.05) is 19.7 Å². The number of carbonyl (C=O) groups excluding carboxylic acids is 2. The fourth-order valence-electron chi connectivity index (χ4n) is 7.97. The van der Waals surface area contributed by atoms with Crippen molar-refractivity contribution in [3.8, 4) is 16.9 Å². The van der Waals surface area contributed by atoms with E-state index >= 15 is 0 Å². The van der Waals surface area contributed by atoms with Crippen LogP contribution in [0.5, 0.6) is 5.75 Å². The summed E-state index contributed by atoms with van der Waals surface area (Å²) < 4.78 is 10.2. The Morgan fingerprint density at radius 2 is 1.68 bits per heavy atom. The molecule has 0 saturated carbocycles. The van der Waals surface area contributed by atoms with Gasteiger partial charge in [0.1, 0.15) is 11.4 Å². The maximum atomic E-state index is 15.0. The van der Waals surface area contributed by atoms with Gasteiger partial charge in [-0.2, -0.15) is 5.10 Å². The van der Waals surface area contributed by atoms with Crippen LogP contribution < -0.4 is 10.1 Å². The molecule has 5 aromatic rings. The van der Waals surface area contributed by atoms with Crippen LogP contribution in [0.15, 0.2) is 42.5 Å². The lowest BCUT2D eigenvalue weighted by molar-refractivity contribution is -0.121. The minimum atomic E-state index is -1.04. The smallest absolute Gasteiger partial charge is 0.335 e. The molecular formula is C44H51Cl2N5O5. The molecule has 56 heavy (non-hydrogen) atoms. The summed E-state index contributed by atoms with van der Waals surface area (Å²) in [5, 5.41) is 19.9. The maximum Gasteiger partial charge on any atom is 0.335 e. The van der Waals surface area contributed by atoms with Crippen molar-refractivity contribution in [2.45, 2.75) is 86.7 Å². The van der Waals surface area contributed by atoms with Gasteiger partial charge in [0, 0.05) is 66.9 Å². The second-order valence-electron chi connectivity index (χ2n) is 15.4. The molecule has 0 unspecified atom stereocenters. The molecule has 0 fully saturated rings. The third kappa shape index (κ3) is 8.61. The summed E-state index contributed by atoms with van der Waals surface area (Å²) in [5.74, 6) is -0.201. The van der Waals surface area contributed by atoms with Gasteiger partial charge in [0.15, 0.2) is 0 Å². The molecule has 0 atom stereocenters. The molecule has 0 bridgehead atoms. The average molecular weight is 801 g/mol. The number of nitrogens with zero attached hydrogens (tertiary/aromatic N) is 4. The maximum absolute atomic E-state index is 15.0. The minimum Gasteiger partial charge on any atom is -0.494 e. The highest BCUT2D eigenvalue weighted by Gasteiger charge is 2.32. The van der Waals surface area contributed by atoms with Crippen LogP contribution in [-0.4, -0.2) is 61.8 Å². The van der Waals surface area contributed by atoms with Crippen LogP contribution in [0.3, 0.4) is 0 Å². The van der Waals surface area contributed by atoms with Crippen molar-refractivity contribution in [3.63, 3.8) is 0 Å². The number of hydrogen-bond acceptors (Lipinski definition) is 5. The Balaban J connectivity index is 1.37. The number of hydrogen-bond donors (Lipinski definition) is 2. The number of ether oxygens (including phenoxy) is 1. The molecule has 2 aromatic heterocycles. The Bertz CT molecular complexity index is 2300. The molecule has 1 aliphatic rings. The van der Waals surface area contributed by atoms with Gasteiger partial charge in [-0.15, -0.1) is 0 Å². The van der Waals surface area contributed by atoms with Gasteiger partial charge < -0.3 is 24.6 Å². The summed E-state index contributed by atoms with van der Waals surface area (Å²) in [6, 6.07) is 13.0. The topological polar surface area (TPSA) is 119 Å². The highest BCUT2D eigenvalue weighted by Crippen LogP contribution is 2.43. The molecule has 6 rings (SSSR count). The predicted molar refractivity (Wildman–Crippen MR) is 222 cm³/mol. The second kappa shape index (κ2) is 17.1. The summed E-state index contributed by atoms with van der Waals surface area (Å²) in [4.78, 5) is 41.3. The van der Waals surface area contributed by atoms with Crippen molar-refractivity contribution in [1.82, 2.24) is 24.6 Å². The van der Waals surface area contributed by atoms with E-state index in [2.05, 4.69) is 9.88 Å². The molecule has 3 aromatic carbocycles. The zero-order chi connectivity index (χ0) is 40.4. The standard InChI is InChI=1S/C44H51Cl2N5O5/c1-25(2)18-37(52)47-14-13-30-21-31(23-32(22-30)44(54)55)24-50-15-9-16-51-41-35(11-12-36(45)39(41)38-28(5)48-49(7)29(38)6)34(42(51)43(50)53)10-8-17-56-33-19-26(3)40(46)27(4)20-33/h11-12,19-23,25H,8-10,13-18,24H2,1-7H3,(H,47,52)(H,54,55). The predicted octanol–water partition coefficient (Wildman–Crippen LogP) is 9.04. The van der Waals surface area contributed by atoms with Crippen molar-refractivity contribution in [2.24, 2.45) is 13.0 Å². The fraction of sp³-hybridized carbons (Fsp3) is 0.409. The van der Waals surface area contributed by atoms with E-state index in [1.165, 1.54) is 0 Å². The van der Waals surface area contributed by atoms with Gasteiger partial charge in [-0.25, -0.2) is 4.79 Å². The van der Waals surface area contributed by atoms with Crippen LogP contribution in [0, 0.1) is 33.6 Å². The van der Waals surface area contributed by atoms with Gasteiger partial charge >= 0.3 is 5.97 Å². The first kappa shape index (κ1) is 40.9. The number of benzene rings is 3. The Hall–Kier alpha value is -4.80. The van der Waals surface area contributed by atoms with Gasteiger partial charge in [0.25, 0.3) is 5.91 Å². The molecule has 0 radical (unpaired) electrons. The molecule has 3 heterocycles. The van der Waals surface area contributed by atoms with E-state index in [9.17, 15) is 19.5 Å². The average Bonchev–Trinajstić information content (AvgIpc) is 3.51. The lowest BCUT2D eigenvalue weighted by Gasteiger charge is -2.22. The van der Waals surface area contributed by atoms with Crippen molar-refractivity contribution < 1.29 is 24.2 Å². The third-order valence-electron chi connectivity index (χ3n) is 10.6. The molecule has 2 amide bonds. The third-order valence-corrected chi connectivity index (χ3v) is 11.5. The number of amides is 2. The number of rotatable bonds is 14. The number of carboxylic acid groups (broad SMARTS) is 1. The highest BCUT2D eigenvalue weighted by molar-refractivity contribution is 6.35. The van der Waals surface area contributed by atoms with E-state index < -0.39 is 5.97 Å². The number of halogens is 2. The molecular weight excluding hydrogens is 749 g/mol. The molecule has 0 spiro atoms. The van der Waals surface area contributed by atoms with Gasteiger partial charge in [-0.1, -0.05) is 49.2 Å². The monoisotopic (exact) mass is 799 g/mol. The van der Waals surface area contributed by atoms with E-state index in [0.717, 1.165) is 72.0 Å². The van der Waals surface area contributed by atoms with Crippen molar-refractivity contribution in [1.29, 1.82) is 0 Å². The normalized spacial score (nSPS) is 13.0. The van der Waals surface area contributed by atoms with E-state index in [-0.39, 0.29) is 29.8 Å². The Morgan fingerprint density at radius 1 is 0.964 bits per heavy atom. The van der Waals surface area contributed by atoms with Gasteiger partial charge in [0.05, 0.1) is 28.4 Å². The van der Waals surface area contributed by atoms with Gasteiger partial charge in [-0.05, 0) is 117 Å². The van der Waals surface area contributed by atoms with Gasteiger partial charge in [-0.3, -0.25) is 14.3 Å². The second-order valence-corrected chi connectivity index (χ2v) is 16.2. The quantitative estimate of drug-likeness (QED) is 0.108. The number of carbonyl (C=O) groups is 3. The largest absolute Gasteiger partial charge is 0.494 e. The minimum absolute atomic E-state index is 0.0315. The zero-order valence-corrected chi connectivity index (χ0v) is 34.8. The molecule has 296 valence electrons. The summed E-state index contributed by atoms with van der Waals surface area (Å²) in [5.41, 5.74) is 9.68. The molecule has 0 aliphatic carbocycles. The van der Waals surface area contributed by atoms with E-state index in [1.807, 2.05) is 88.5 Å². The molecule has 0 saturated heterocycles. The van der Waals surface area contributed by atoms with Crippen LogP contribution in [0.1, 0.15) is 93.2 Å². The Labute approximate surface area is 338 Å². The number of carboxylic acids is 1. The van der Waals surface area contributed by atoms with Crippen LogP contribution >= 0.6 is 23.2 Å². The first-order chi connectivity index (χ1) is 26.6. The Morgan fingerprint density at radius 3 is 2.34 bits per heavy atom. The summed E-state index contributed by atoms with van der Waals surface area (Å²) >= 11 is 13.5. The van der Waals surface area contributed by atoms with Crippen LogP contribution in [0.25, 0.3) is 22.0 Å². The first-order valence-electron chi connectivity index (χ1n) is 19.3. The number of aryl methyl sites for hydroxylation is 6. The van der Waals surface area contributed by atoms with Crippen molar-refractivity contribution in [3.05, 3.63) is 103 Å². The SMILES string of the molecule is Cc1cc(OCCCc2c3n(c4c(-c5c(C)nn(C)c5C)c(Cl)ccc24)CCCN(Cc2cc(CCNC(=O)CC(C)C)cc(C(=O)O)c2)C3=O)cc(C)c1Cl. The van der Waals surface area contributed by atoms with E-state index in [0.29, 0.717) is 69.1 Å². The number of nitrogens with one attached hydrogen (secondary N) is 1. The van der Waals surface area contributed by atoms with Crippen LogP contribution in [0.4, 0.5) is 0 Å². The molecule has 10 nitrogen and oxygen atoms in total. The summed E-state index contributed by atoms with van der Waals surface area (Å²) in [7, 11) is 1.92. The zero-order valence-electron chi connectivity index (χ0n) is 33.3. The van der Waals surface area contributed by atoms with Crippen molar-refractivity contribution >= 4 is 51.9 Å². The fourth-order valence-corrected chi connectivity index (χ4v) is 8.32. The van der Waals surface area contributed by atoms with Crippen LogP contribution in [-0.2, 0) is 37.8 Å². The number of fused-ring (bicyclic) bond motifs is 3. The first-order valence-corrected chi connectivity index (χ1v) is 20.1. The molecule has 2 N–H and O–H groups in total. The lowest BCUT2D eigenvalue weighted by Crippen LogP contribution is -2.31. The highest BCUT2D eigenvalue weighted by atomic mass is 35.5. The van der Waals surface area contributed by atoms with Crippen LogP contribution in [0.2, 0.25) is 10.0 Å². The lowest BCUT2D eigenvalue weighted by atomic mass is 9.98. The van der Waals surface area contributed by atoms with Gasteiger partial charge in [0.2, 0.25) is 5.91 Å². The summed E-state index contributed by atoms with van der Waals surface area (Å²) in [6.45, 7) is 14.1. The number of aromatic nitrogens is 3. The Kier molecular flexibility index (Phi) is 12.5.